The van der Waals surface area contributed by atoms with Gasteiger partial charge in [-0.25, -0.2) is 4.79 Å². The van der Waals surface area contributed by atoms with Crippen molar-refractivity contribution in [3.8, 4) is 0 Å². The quantitative estimate of drug-likeness (QED) is 0.634. The van der Waals surface area contributed by atoms with Gasteiger partial charge >= 0.3 is 12.0 Å². The molecule has 0 bridgehead atoms. The standard InChI is InChI=1S/C18H29N3O4/c1-4-7-9-14(5-2)12-19-18(24)20-15-10-8-11-21(17(15)23)13-16(22)25-6-3/h8,10-11,14H,4-7,9,12-13H2,1-3H3,(H2,19,20,24)/t14-/m0/s1. The van der Waals surface area contributed by atoms with Crippen molar-refractivity contribution in [2.24, 2.45) is 5.92 Å². The molecule has 1 aromatic rings. The van der Waals surface area contributed by atoms with E-state index in [1.165, 1.54) is 16.8 Å². The Morgan fingerprint density at radius 1 is 1.28 bits per heavy atom. The third-order valence-electron chi connectivity index (χ3n) is 3.97. The van der Waals surface area contributed by atoms with E-state index in [9.17, 15) is 14.4 Å². The Bertz CT molecular complexity index is 613. The van der Waals surface area contributed by atoms with Crippen molar-refractivity contribution >= 4 is 17.7 Å². The molecule has 2 N–H and O–H groups in total. The van der Waals surface area contributed by atoms with E-state index in [2.05, 4.69) is 24.5 Å². The Kier molecular flexibility index (Phi) is 9.36. The number of urea groups is 1. The number of esters is 1. The minimum Gasteiger partial charge on any atom is -0.465 e. The summed E-state index contributed by atoms with van der Waals surface area (Å²) in [6.07, 6.45) is 5.83. The SMILES string of the molecule is CCCC[C@H](CC)CNC(=O)Nc1cccn(CC(=O)OCC)c1=O. The molecule has 0 fully saturated rings. The van der Waals surface area contributed by atoms with Crippen molar-refractivity contribution in [2.45, 2.75) is 53.0 Å². The number of hydrogen-bond donors (Lipinski definition) is 2. The van der Waals surface area contributed by atoms with E-state index < -0.39 is 17.6 Å². The zero-order valence-electron chi connectivity index (χ0n) is 15.3. The fourth-order valence-electron chi connectivity index (χ4n) is 2.45. The lowest BCUT2D eigenvalue weighted by atomic mass is 9.99. The van der Waals surface area contributed by atoms with Crippen LogP contribution in [0.15, 0.2) is 23.1 Å². The summed E-state index contributed by atoms with van der Waals surface area (Å²) in [6.45, 7) is 6.59. The molecule has 0 aromatic carbocycles. The summed E-state index contributed by atoms with van der Waals surface area (Å²) in [5.74, 6) is -0.0603. The largest absolute Gasteiger partial charge is 0.465 e. The molecule has 0 aliphatic carbocycles. The third kappa shape index (κ3) is 7.41. The van der Waals surface area contributed by atoms with Gasteiger partial charge in [0.15, 0.2) is 0 Å². The summed E-state index contributed by atoms with van der Waals surface area (Å²) in [4.78, 5) is 35.8. The molecular weight excluding hydrogens is 322 g/mol. The van der Waals surface area contributed by atoms with Gasteiger partial charge in [-0.05, 0) is 31.4 Å². The molecule has 0 saturated heterocycles. The summed E-state index contributed by atoms with van der Waals surface area (Å²) >= 11 is 0. The van der Waals surface area contributed by atoms with Crippen LogP contribution in [-0.2, 0) is 16.1 Å². The molecule has 7 heteroatoms. The van der Waals surface area contributed by atoms with Gasteiger partial charge < -0.3 is 19.9 Å². The highest BCUT2D eigenvalue weighted by Gasteiger charge is 2.12. The van der Waals surface area contributed by atoms with E-state index in [4.69, 9.17) is 4.74 Å². The number of anilines is 1. The molecule has 140 valence electrons. The molecule has 0 radical (unpaired) electrons. The Hall–Kier alpha value is -2.31. The molecule has 0 spiro atoms. The first-order valence-corrected chi connectivity index (χ1v) is 8.91. The number of nitrogens with zero attached hydrogens (tertiary/aromatic N) is 1. The second-order valence-electron chi connectivity index (χ2n) is 5.91. The molecule has 1 heterocycles. The van der Waals surface area contributed by atoms with Crippen LogP contribution in [0.5, 0.6) is 0 Å². The maximum atomic E-state index is 12.3. The van der Waals surface area contributed by atoms with Gasteiger partial charge in [0.05, 0.1) is 6.61 Å². The van der Waals surface area contributed by atoms with E-state index in [1.54, 1.807) is 13.0 Å². The number of carbonyl (C=O) groups is 2. The van der Waals surface area contributed by atoms with Crippen molar-refractivity contribution < 1.29 is 14.3 Å². The second kappa shape index (κ2) is 11.3. The minimum absolute atomic E-state index is 0.130. The van der Waals surface area contributed by atoms with Gasteiger partial charge in [0.2, 0.25) is 0 Å². The Morgan fingerprint density at radius 3 is 2.68 bits per heavy atom. The van der Waals surface area contributed by atoms with Crippen LogP contribution < -0.4 is 16.2 Å². The Labute approximate surface area is 148 Å². The molecule has 2 amide bonds. The summed E-state index contributed by atoms with van der Waals surface area (Å²) in [5, 5.41) is 5.36. The van der Waals surface area contributed by atoms with Gasteiger partial charge in [-0.1, -0.05) is 33.1 Å². The van der Waals surface area contributed by atoms with Crippen molar-refractivity contribution in [1.82, 2.24) is 9.88 Å². The first-order valence-electron chi connectivity index (χ1n) is 8.91. The van der Waals surface area contributed by atoms with Crippen LogP contribution in [0.25, 0.3) is 0 Å². The van der Waals surface area contributed by atoms with Crippen LogP contribution in [0.2, 0.25) is 0 Å². The average Bonchev–Trinajstić information content (AvgIpc) is 2.59. The van der Waals surface area contributed by atoms with E-state index >= 15 is 0 Å². The van der Waals surface area contributed by atoms with E-state index in [0.717, 1.165) is 25.7 Å². The zero-order chi connectivity index (χ0) is 18.7. The lowest BCUT2D eigenvalue weighted by Crippen LogP contribution is -2.36. The van der Waals surface area contributed by atoms with E-state index in [0.29, 0.717) is 12.5 Å². The molecule has 0 unspecified atom stereocenters. The summed E-state index contributed by atoms with van der Waals surface area (Å²) in [6, 6.07) is 2.70. The summed E-state index contributed by atoms with van der Waals surface area (Å²) in [5.41, 5.74) is -0.311. The second-order valence-corrected chi connectivity index (χ2v) is 5.91. The highest BCUT2D eigenvalue weighted by atomic mass is 16.5. The normalized spacial score (nSPS) is 11.6. The molecular formula is C18H29N3O4. The first kappa shape index (κ1) is 20.7. The van der Waals surface area contributed by atoms with Crippen LogP contribution in [0, 0.1) is 5.92 Å². The number of aromatic nitrogens is 1. The van der Waals surface area contributed by atoms with Gasteiger partial charge in [0, 0.05) is 12.7 Å². The van der Waals surface area contributed by atoms with Crippen molar-refractivity contribution in [3.63, 3.8) is 0 Å². The first-order chi connectivity index (χ1) is 12.0. The van der Waals surface area contributed by atoms with Crippen molar-refractivity contribution in [2.75, 3.05) is 18.5 Å². The number of ether oxygens (including phenoxy) is 1. The predicted octanol–water partition coefficient (Wildman–Crippen LogP) is 2.75. The lowest BCUT2D eigenvalue weighted by molar-refractivity contribution is -0.143. The predicted molar refractivity (Wildman–Crippen MR) is 97.7 cm³/mol. The van der Waals surface area contributed by atoms with Gasteiger partial charge in [0.1, 0.15) is 12.2 Å². The highest BCUT2D eigenvalue weighted by Crippen LogP contribution is 2.11. The number of pyridine rings is 1. The van der Waals surface area contributed by atoms with Crippen LogP contribution in [0.1, 0.15) is 46.5 Å². The number of amides is 2. The molecule has 7 nitrogen and oxygen atoms in total. The molecule has 1 rings (SSSR count). The van der Waals surface area contributed by atoms with Gasteiger partial charge in [-0.3, -0.25) is 9.59 Å². The Balaban J connectivity index is 2.62. The van der Waals surface area contributed by atoms with Crippen LogP contribution in [0.4, 0.5) is 10.5 Å². The van der Waals surface area contributed by atoms with Gasteiger partial charge in [-0.2, -0.15) is 0 Å². The fraction of sp³-hybridized carbons (Fsp3) is 0.611. The van der Waals surface area contributed by atoms with Crippen LogP contribution in [-0.4, -0.2) is 29.7 Å². The molecule has 0 saturated carbocycles. The molecule has 25 heavy (non-hydrogen) atoms. The van der Waals surface area contributed by atoms with Crippen LogP contribution in [0.3, 0.4) is 0 Å². The van der Waals surface area contributed by atoms with Crippen molar-refractivity contribution in [1.29, 1.82) is 0 Å². The Morgan fingerprint density at radius 2 is 2.04 bits per heavy atom. The lowest BCUT2D eigenvalue weighted by Gasteiger charge is -2.15. The topological polar surface area (TPSA) is 89.4 Å². The number of carbonyl (C=O) groups excluding carboxylic acids is 2. The summed E-state index contributed by atoms with van der Waals surface area (Å²) in [7, 11) is 0. The smallest absolute Gasteiger partial charge is 0.326 e. The summed E-state index contributed by atoms with van der Waals surface area (Å²) < 4.78 is 6.04. The maximum Gasteiger partial charge on any atom is 0.326 e. The molecule has 1 aromatic heterocycles. The van der Waals surface area contributed by atoms with Gasteiger partial charge in [-0.15, -0.1) is 0 Å². The number of nitrogens with one attached hydrogen (secondary N) is 2. The third-order valence-corrected chi connectivity index (χ3v) is 3.97. The number of unbranched alkanes of at least 4 members (excludes halogenated alkanes) is 1. The highest BCUT2D eigenvalue weighted by molar-refractivity contribution is 5.88. The number of hydrogen-bond acceptors (Lipinski definition) is 4. The average molecular weight is 351 g/mol. The maximum absolute atomic E-state index is 12.3. The van der Waals surface area contributed by atoms with Gasteiger partial charge in [0.25, 0.3) is 5.56 Å². The van der Waals surface area contributed by atoms with E-state index in [-0.39, 0.29) is 18.8 Å². The van der Waals surface area contributed by atoms with E-state index in [1.807, 2.05) is 0 Å². The fourth-order valence-corrected chi connectivity index (χ4v) is 2.45. The van der Waals surface area contributed by atoms with Crippen molar-refractivity contribution in [3.05, 3.63) is 28.7 Å². The minimum atomic E-state index is -0.493. The molecule has 1 atom stereocenters. The molecule has 0 aliphatic rings. The van der Waals surface area contributed by atoms with Crippen LogP contribution >= 0.6 is 0 Å². The molecule has 0 aliphatic heterocycles. The monoisotopic (exact) mass is 351 g/mol. The zero-order valence-corrected chi connectivity index (χ0v) is 15.3. The number of rotatable bonds is 10.